The van der Waals surface area contributed by atoms with Crippen LogP contribution in [0.5, 0.6) is 11.5 Å². The highest BCUT2D eigenvalue weighted by atomic mass is 32.2. The summed E-state index contributed by atoms with van der Waals surface area (Å²) in [7, 11) is 1.63. The highest BCUT2D eigenvalue weighted by molar-refractivity contribution is 8.00. The fourth-order valence-electron chi connectivity index (χ4n) is 3.32. The predicted molar refractivity (Wildman–Crippen MR) is 135 cm³/mol. The lowest BCUT2D eigenvalue weighted by Gasteiger charge is -2.15. The third-order valence-corrected chi connectivity index (χ3v) is 6.40. The summed E-state index contributed by atoms with van der Waals surface area (Å²) >= 11 is 1.41. The van der Waals surface area contributed by atoms with Crippen molar-refractivity contribution in [3.05, 3.63) is 65.5 Å². The van der Waals surface area contributed by atoms with Crippen LogP contribution in [-0.2, 0) is 30.9 Å². The molecule has 182 valence electrons. The van der Waals surface area contributed by atoms with Crippen LogP contribution in [0.4, 0.5) is 0 Å². The Morgan fingerprint density at radius 1 is 1.00 bits per heavy atom. The number of benzene rings is 2. The average Bonchev–Trinajstić information content (AvgIpc) is 3.21. The van der Waals surface area contributed by atoms with Crippen molar-refractivity contribution >= 4 is 17.7 Å². The first-order valence-electron chi connectivity index (χ1n) is 11.6. The molecule has 1 atom stereocenters. The Kier molecular flexibility index (Phi) is 9.39. The highest BCUT2D eigenvalue weighted by Gasteiger charge is 2.21. The molecule has 7 nitrogen and oxygen atoms in total. The van der Waals surface area contributed by atoms with Gasteiger partial charge in [0, 0.05) is 13.1 Å². The van der Waals surface area contributed by atoms with E-state index in [9.17, 15) is 4.79 Å². The van der Waals surface area contributed by atoms with E-state index in [1.807, 2.05) is 43.3 Å². The molecule has 1 amide bonds. The van der Waals surface area contributed by atoms with Crippen molar-refractivity contribution in [3.63, 3.8) is 0 Å². The molecule has 2 aromatic carbocycles. The first kappa shape index (κ1) is 25.6. The molecule has 1 unspecified atom stereocenters. The topological polar surface area (TPSA) is 78.3 Å². The zero-order valence-corrected chi connectivity index (χ0v) is 21.4. The second-order valence-corrected chi connectivity index (χ2v) is 9.82. The Bertz CT molecular complexity index is 1050. The predicted octanol–water partition coefficient (Wildman–Crippen LogP) is 4.88. The summed E-state index contributed by atoms with van der Waals surface area (Å²) in [6, 6.07) is 15.8. The number of methoxy groups -OCH3 is 1. The van der Waals surface area contributed by atoms with Crippen molar-refractivity contribution in [1.29, 1.82) is 0 Å². The third-order valence-electron chi connectivity index (χ3n) is 5.32. The second kappa shape index (κ2) is 12.5. The summed E-state index contributed by atoms with van der Waals surface area (Å²) in [6.07, 6.45) is 0.995. The Balaban J connectivity index is 1.61. The van der Waals surface area contributed by atoms with Crippen LogP contribution in [0.15, 0.2) is 53.7 Å². The molecule has 0 aliphatic heterocycles. The van der Waals surface area contributed by atoms with Gasteiger partial charge in [-0.2, -0.15) is 0 Å². The molecular formula is C26H34N4O3S. The normalized spacial score (nSPS) is 11.9. The maximum absolute atomic E-state index is 12.7. The standard InChI is InChI=1S/C26H34N4O3S/c1-6-20-7-13-23(14-8-20)33-17-24-28-29-26(30(24)16-18(2)3)34-19(4)25(31)27-15-21-9-11-22(32-5)12-10-21/h7-14,18-19H,6,15-17H2,1-5H3,(H,27,31). The number of rotatable bonds is 12. The van der Waals surface area contributed by atoms with Gasteiger partial charge in [-0.25, -0.2) is 0 Å². The van der Waals surface area contributed by atoms with Gasteiger partial charge in [0.05, 0.1) is 12.4 Å². The van der Waals surface area contributed by atoms with Gasteiger partial charge in [0.25, 0.3) is 0 Å². The van der Waals surface area contributed by atoms with Crippen LogP contribution < -0.4 is 14.8 Å². The smallest absolute Gasteiger partial charge is 0.233 e. The van der Waals surface area contributed by atoms with Crippen LogP contribution in [-0.4, -0.2) is 33.0 Å². The van der Waals surface area contributed by atoms with E-state index in [0.29, 0.717) is 19.1 Å². The summed E-state index contributed by atoms with van der Waals surface area (Å²) in [4.78, 5) is 12.7. The van der Waals surface area contributed by atoms with Gasteiger partial charge in [0.2, 0.25) is 5.91 Å². The maximum Gasteiger partial charge on any atom is 0.233 e. The van der Waals surface area contributed by atoms with Crippen molar-refractivity contribution in [2.75, 3.05) is 7.11 Å². The third kappa shape index (κ3) is 7.25. The van der Waals surface area contributed by atoms with Crippen LogP contribution in [0, 0.1) is 5.92 Å². The van der Waals surface area contributed by atoms with E-state index in [2.05, 4.69) is 53.0 Å². The van der Waals surface area contributed by atoms with Gasteiger partial charge in [-0.05, 0) is 54.7 Å². The molecule has 0 radical (unpaired) electrons. The van der Waals surface area contributed by atoms with Gasteiger partial charge in [-0.3, -0.25) is 4.79 Å². The molecule has 1 heterocycles. The molecule has 0 aliphatic rings. The minimum absolute atomic E-state index is 0.0475. The fraction of sp³-hybridized carbons (Fsp3) is 0.423. The lowest BCUT2D eigenvalue weighted by molar-refractivity contribution is -0.120. The quantitative estimate of drug-likeness (QED) is 0.371. The number of amides is 1. The van der Waals surface area contributed by atoms with Crippen LogP contribution in [0.1, 0.15) is 44.6 Å². The van der Waals surface area contributed by atoms with E-state index in [-0.39, 0.29) is 11.2 Å². The van der Waals surface area contributed by atoms with Crippen molar-refractivity contribution < 1.29 is 14.3 Å². The molecule has 0 fully saturated rings. The summed E-state index contributed by atoms with van der Waals surface area (Å²) in [5.74, 6) is 2.70. The van der Waals surface area contributed by atoms with E-state index >= 15 is 0 Å². The number of nitrogens with zero attached hydrogens (tertiary/aromatic N) is 3. The van der Waals surface area contributed by atoms with Crippen molar-refractivity contribution in [3.8, 4) is 11.5 Å². The molecule has 3 rings (SSSR count). The number of carbonyl (C=O) groups excluding carboxylic acids is 1. The lowest BCUT2D eigenvalue weighted by atomic mass is 10.2. The zero-order chi connectivity index (χ0) is 24.5. The second-order valence-electron chi connectivity index (χ2n) is 8.52. The molecular weight excluding hydrogens is 448 g/mol. The van der Waals surface area contributed by atoms with Crippen LogP contribution in [0.3, 0.4) is 0 Å². The lowest BCUT2D eigenvalue weighted by Crippen LogP contribution is -2.30. The number of hydrogen-bond acceptors (Lipinski definition) is 6. The minimum atomic E-state index is -0.316. The molecule has 3 aromatic rings. The molecule has 0 bridgehead atoms. The first-order valence-corrected chi connectivity index (χ1v) is 12.5. The maximum atomic E-state index is 12.7. The van der Waals surface area contributed by atoms with Gasteiger partial charge < -0.3 is 19.4 Å². The molecule has 0 spiro atoms. The number of carbonyl (C=O) groups is 1. The minimum Gasteiger partial charge on any atom is -0.497 e. The van der Waals surface area contributed by atoms with E-state index in [4.69, 9.17) is 9.47 Å². The van der Waals surface area contributed by atoms with Gasteiger partial charge in [-0.1, -0.05) is 56.8 Å². The first-order chi connectivity index (χ1) is 16.4. The van der Waals surface area contributed by atoms with Gasteiger partial charge in [0.1, 0.15) is 18.1 Å². The number of aromatic nitrogens is 3. The molecule has 1 aromatic heterocycles. The van der Waals surface area contributed by atoms with E-state index in [1.165, 1.54) is 17.3 Å². The molecule has 0 saturated carbocycles. The average molecular weight is 483 g/mol. The monoisotopic (exact) mass is 482 g/mol. The van der Waals surface area contributed by atoms with Crippen LogP contribution in [0.25, 0.3) is 0 Å². The number of hydrogen-bond donors (Lipinski definition) is 1. The van der Waals surface area contributed by atoms with E-state index < -0.39 is 0 Å². The van der Waals surface area contributed by atoms with E-state index in [0.717, 1.165) is 41.0 Å². The fourth-order valence-corrected chi connectivity index (χ4v) is 4.22. The van der Waals surface area contributed by atoms with Gasteiger partial charge in [-0.15, -0.1) is 10.2 Å². The number of nitrogens with one attached hydrogen (secondary N) is 1. The SMILES string of the molecule is CCc1ccc(OCc2nnc(SC(C)C(=O)NCc3ccc(OC)cc3)n2CC(C)C)cc1. The summed E-state index contributed by atoms with van der Waals surface area (Å²) in [6.45, 7) is 9.84. The van der Waals surface area contributed by atoms with Crippen molar-refractivity contribution in [2.45, 2.75) is 64.2 Å². The van der Waals surface area contributed by atoms with Crippen molar-refractivity contribution in [2.24, 2.45) is 5.92 Å². The number of thioether (sulfide) groups is 1. The van der Waals surface area contributed by atoms with Gasteiger partial charge in [0.15, 0.2) is 11.0 Å². The zero-order valence-electron chi connectivity index (χ0n) is 20.6. The number of ether oxygens (including phenoxy) is 2. The summed E-state index contributed by atoms with van der Waals surface area (Å²) < 4.78 is 13.2. The largest absolute Gasteiger partial charge is 0.497 e. The van der Waals surface area contributed by atoms with E-state index in [1.54, 1.807) is 7.11 Å². The number of aryl methyl sites for hydroxylation is 1. The molecule has 8 heteroatoms. The van der Waals surface area contributed by atoms with Gasteiger partial charge >= 0.3 is 0 Å². The van der Waals surface area contributed by atoms with Crippen LogP contribution in [0.2, 0.25) is 0 Å². The summed E-state index contributed by atoms with van der Waals surface area (Å²) in [5, 5.41) is 12.1. The Morgan fingerprint density at radius 3 is 2.26 bits per heavy atom. The Hall–Kier alpha value is -3.00. The Labute approximate surface area is 206 Å². The molecule has 0 aliphatic carbocycles. The highest BCUT2D eigenvalue weighted by Crippen LogP contribution is 2.24. The Morgan fingerprint density at radius 2 is 1.65 bits per heavy atom. The van der Waals surface area contributed by atoms with Crippen molar-refractivity contribution in [1.82, 2.24) is 20.1 Å². The molecule has 0 saturated heterocycles. The molecule has 1 N–H and O–H groups in total. The summed E-state index contributed by atoms with van der Waals surface area (Å²) in [5.41, 5.74) is 2.29. The molecule has 34 heavy (non-hydrogen) atoms. The van der Waals surface area contributed by atoms with Crippen LogP contribution >= 0.6 is 11.8 Å².